The van der Waals surface area contributed by atoms with Crippen LogP contribution in [-0.2, 0) is 6.42 Å². The van der Waals surface area contributed by atoms with Crippen LogP contribution in [0.3, 0.4) is 0 Å². The summed E-state index contributed by atoms with van der Waals surface area (Å²) in [6.45, 7) is 5.30. The van der Waals surface area contributed by atoms with Crippen molar-refractivity contribution in [2.45, 2.75) is 52.0 Å². The quantitative estimate of drug-likeness (QED) is 0.869. The first-order chi connectivity index (χ1) is 8.27. The van der Waals surface area contributed by atoms with E-state index in [1.54, 1.807) is 6.33 Å². The van der Waals surface area contributed by atoms with Crippen molar-refractivity contribution in [3.8, 4) is 0 Å². The maximum Gasteiger partial charge on any atom is 0.137 e. The molecular weight excluding hydrogens is 212 g/mol. The fourth-order valence-electron chi connectivity index (χ4n) is 2.80. The predicted octanol–water partition coefficient (Wildman–Crippen LogP) is 2.39. The minimum atomic E-state index is 0.633. The van der Waals surface area contributed by atoms with Crippen LogP contribution in [0.1, 0.15) is 45.1 Å². The summed E-state index contributed by atoms with van der Waals surface area (Å²) in [6, 6.07) is 0.639. The Labute approximate surface area is 103 Å². The second kappa shape index (κ2) is 5.34. The molecule has 2 rings (SSSR count). The zero-order valence-electron chi connectivity index (χ0n) is 10.8. The molecule has 1 saturated carbocycles. The Bertz CT molecular complexity index is 372. The van der Waals surface area contributed by atoms with Gasteiger partial charge in [-0.25, -0.2) is 9.97 Å². The van der Waals surface area contributed by atoms with Gasteiger partial charge in [-0.15, -0.1) is 0 Å². The average Bonchev–Trinajstić information content (AvgIpc) is 2.84. The molecule has 0 spiro atoms. The summed E-state index contributed by atoms with van der Waals surface area (Å²) in [4.78, 5) is 11.0. The second-order valence-electron chi connectivity index (χ2n) is 4.64. The minimum Gasteiger partial charge on any atom is -0.383 e. The number of hydrogen-bond acceptors (Lipinski definition) is 4. The highest BCUT2D eigenvalue weighted by molar-refractivity contribution is 5.57. The molecule has 2 N–H and O–H groups in total. The summed E-state index contributed by atoms with van der Waals surface area (Å²) in [5.41, 5.74) is 7.04. The van der Waals surface area contributed by atoms with Gasteiger partial charge in [0.15, 0.2) is 0 Å². The highest BCUT2D eigenvalue weighted by Gasteiger charge is 2.24. The standard InChI is InChI=1S/C13H22N4/c1-3-11-12(14)15-9-16-13(11)17(4-2)10-7-5-6-8-10/h9-10H,3-8H2,1-2H3,(H2,14,15,16). The monoisotopic (exact) mass is 234 g/mol. The van der Waals surface area contributed by atoms with Gasteiger partial charge < -0.3 is 10.6 Å². The van der Waals surface area contributed by atoms with E-state index in [-0.39, 0.29) is 0 Å². The van der Waals surface area contributed by atoms with E-state index in [4.69, 9.17) is 5.73 Å². The van der Waals surface area contributed by atoms with E-state index in [2.05, 4.69) is 28.7 Å². The van der Waals surface area contributed by atoms with Crippen LogP contribution < -0.4 is 10.6 Å². The van der Waals surface area contributed by atoms with Gasteiger partial charge in [0.05, 0.1) is 0 Å². The van der Waals surface area contributed by atoms with E-state index in [0.717, 1.165) is 24.3 Å². The number of nitrogens with zero attached hydrogens (tertiary/aromatic N) is 3. The summed E-state index contributed by atoms with van der Waals surface area (Å²) in [5.74, 6) is 1.68. The third-order valence-corrected chi connectivity index (χ3v) is 3.69. The third-order valence-electron chi connectivity index (χ3n) is 3.69. The van der Waals surface area contributed by atoms with Crippen LogP contribution in [0.4, 0.5) is 11.6 Å². The molecule has 1 fully saturated rings. The van der Waals surface area contributed by atoms with Gasteiger partial charge >= 0.3 is 0 Å². The van der Waals surface area contributed by atoms with Crippen molar-refractivity contribution in [3.05, 3.63) is 11.9 Å². The molecule has 1 heterocycles. The van der Waals surface area contributed by atoms with Gasteiger partial charge in [0.2, 0.25) is 0 Å². The molecule has 0 radical (unpaired) electrons. The Morgan fingerprint density at radius 1 is 1.29 bits per heavy atom. The second-order valence-corrected chi connectivity index (χ2v) is 4.64. The summed E-state index contributed by atoms with van der Waals surface area (Å²) in [7, 11) is 0. The average molecular weight is 234 g/mol. The zero-order chi connectivity index (χ0) is 12.3. The van der Waals surface area contributed by atoms with Crippen LogP contribution in [0.15, 0.2) is 6.33 Å². The fourth-order valence-corrected chi connectivity index (χ4v) is 2.80. The van der Waals surface area contributed by atoms with Crippen molar-refractivity contribution in [1.82, 2.24) is 9.97 Å². The molecule has 1 aliphatic carbocycles. The SMILES string of the molecule is CCc1c(N)ncnc1N(CC)C1CCCC1. The summed E-state index contributed by atoms with van der Waals surface area (Å²) < 4.78 is 0. The van der Waals surface area contributed by atoms with Gasteiger partial charge in [-0.1, -0.05) is 19.8 Å². The normalized spacial score (nSPS) is 16.4. The predicted molar refractivity (Wildman–Crippen MR) is 71.1 cm³/mol. The Hall–Kier alpha value is -1.32. The molecular formula is C13H22N4. The lowest BCUT2D eigenvalue weighted by Gasteiger charge is -2.30. The van der Waals surface area contributed by atoms with Crippen molar-refractivity contribution in [2.75, 3.05) is 17.2 Å². The number of rotatable bonds is 4. The maximum atomic E-state index is 5.95. The molecule has 0 unspecified atom stereocenters. The van der Waals surface area contributed by atoms with Gasteiger partial charge in [-0.05, 0) is 26.2 Å². The van der Waals surface area contributed by atoms with Crippen molar-refractivity contribution in [1.29, 1.82) is 0 Å². The lowest BCUT2D eigenvalue weighted by atomic mass is 10.1. The number of nitrogen functional groups attached to an aromatic ring is 1. The fraction of sp³-hybridized carbons (Fsp3) is 0.692. The van der Waals surface area contributed by atoms with Gasteiger partial charge in [0, 0.05) is 18.2 Å². The maximum absolute atomic E-state index is 5.95. The molecule has 1 aromatic rings. The van der Waals surface area contributed by atoms with Gasteiger partial charge in [-0.3, -0.25) is 0 Å². The molecule has 1 aliphatic rings. The summed E-state index contributed by atoms with van der Waals surface area (Å²) in [5, 5.41) is 0. The van der Waals surface area contributed by atoms with Crippen molar-refractivity contribution in [3.63, 3.8) is 0 Å². The molecule has 4 nitrogen and oxygen atoms in total. The molecule has 0 bridgehead atoms. The smallest absolute Gasteiger partial charge is 0.137 e. The van der Waals surface area contributed by atoms with Crippen molar-refractivity contribution in [2.24, 2.45) is 0 Å². The summed E-state index contributed by atoms with van der Waals surface area (Å²) >= 11 is 0. The van der Waals surface area contributed by atoms with E-state index in [1.807, 2.05) is 0 Å². The lowest BCUT2D eigenvalue weighted by Crippen LogP contribution is -2.34. The Morgan fingerprint density at radius 2 is 2.00 bits per heavy atom. The van der Waals surface area contributed by atoms with Crippen LogP contribution in [-0.4, -0.2) is 22.6 Å². The van der Waals surface area contributed by atoms with Crippen LogP contribution in [0.5, 0.6) is 0 Å². The van der Waals surface area contributed by atoms with Crippen molar-refractivity contribution >= 4 is 11.6 Å². The third kappa shape index (κ3) is 2.35. The van der Waals surface area contributed by atoms with Gasteiger partial charge in [-0.2, -0.15) is 0 Å². The molecule has 0 aliphatic heterocycles. The van der Waals surface area contributed by atoms with E-state index in [1.165, 1.54) is 25.7 Å². The molecule has 17 heavy (non-hydrogen) atoms. The number of aromatic nitrogens is 2. The number of nitrogens with two attached hydrogens (primary N) is 1. The molecule has 1 aromatic heterocycles. The van der Waals surface area contributed by atoms with Crippen LogP contribution in [0, 0.1) is 0 Å². The van der Waals surface area contributed by atoms with Crippen LogP contribution >= 0.6 is 0 Å². The first-order valence-corrected chi connectivity index (χ1v) is 6.63. The largest absolute Gasteiger partial charge is 0.383 e. The Kier molecular flexibility index (Phi) is 3.82. The molecule has 94 valence electrons. The topological polar surface area (TPSA) is 55.0 Å². The van der Waals surface area contributed by atoms with E-state index >= 15 is 0 Å². The first-order valence-electron chi connectivity index (χ1n) is 6.63. The Balaban J connectivity index is 2.32. The highest BCUT2D eigenvalue weighted by Crippen LogP contribution is 2.30. The number of hydrogen-bond donors (Lipinski definition) is 1. The van der Waals surface area contributed by atoms with Gasteiger partial charge in [0.1, 0.15) is 18.0 Å². The molecule has 4 heteroatoms. The molecule has 0 atom stereocenters. The number of anilines is 2. The lowest BCUT2D eigenvalue weighted by molar-refractivity contribution is 0.610. The van der Waals surface area contributed by atoms with Crippen LogP contribution in [0.25, 0.3) is 0 Å². The zero-order valence-corrected chi connectivity index (χ0v) is 10.8. The first kappa shape index (κ1) is 12.1. The highest BCUT2D eigenvalue weighted by atomic mass is 15.2. The van der Waals surface area contributed by atoms with Crippen LogP contribution in [0.2, 0.25) is 0 Å². The van der Waals surface area contributed by atoms with E-state index in [0.29, 0.717) is 11.9 Å². The summed E-state index contributed by atoms with van der Waals surface area (Å²) in [6.07, 6.45) is 7.71. The molecule has 0 aromatic carbocycles. The Morgan fingerprint density at radius 3 is 2.59 bits per heavy atom. The van der Waals surface area contributed by atoms with Gasteiger partial charge in [0.25, 0.3) is 0 Å². The molecule has 0 saturated heterocycles. The van der Waals surface area contributed by atoms with Crippen molar-refractivity contribution < 1.29 is 0 Å². The van der Waals surface area contributed by atoms with E-state index < -0.39 is 0 Å². The van der Waals surface area contributed by atoms with E-state index in [9.17, 15) is 0 Å². The molecule has 0 amide bonds. The minimum absolute atomic E-state index is 0.633.